The maximum absolute atomic E-state index is 12.8. The lowest BCUT2D eigenvalue weighted by atomic mass is 10.2. The maximum atomic E-state index is 12.8. The van der Waals surface area contributed by atoms with Gasteiger partial charge in [0, 0.05) is 21.5 Å². The second-order valence-electron chi connectivity index (χ2n) is 5.58. The molecule has 2 aromatic carbocycles. The highest BCUT2D eigenvalue weighted by atomic mass is 32.1. The molecule has 0 aliphatic carbocycles. The standard InChI is InChI=1S/C20H15NOS/c1-14-7-9-16(10-8-14)21-12-11-18-17(20(21)22)13-19(23-18)15-5-3-2-4-6-15/h2-13H,1H3. The van der Waals surface area contributed by atoms with Gasteiger partial charge in [-0.1, -0.05) is 48.0 Å². The summed E-state index contributed by atoms with van der Waals surface area (Å²) in [5.41, 5.74) is 3.26. The smallest absolute Gasteiger partial charge is 0.263 e. The van der Waals surface area contributed by atoms with Crippen molar-refractivity contribution in [2.45, 2.75) is 6.92 Å². The van der Waals surface area contributed by atoms with Gasteiger partial charge in [-0.2, -0.15) is 0 Å². The zero-order valence-electron chi connectivity index (χ0n) is 12.7. The largest absolute Gasteiger partial charge is 0.284 e. The Hall–Kier alpha value is -2.65. The van der Waals surface area contributed by atoms with Gasteiger partial charge in [-0.15, -0.1) is 11.3 Å². The summed E-state index contributed by atoms with van der Waals surface area (Å²) in [6.07, 6.45) is 1.86. The summed E-state index contributed by atoms with van der Waals surface area (Å²) in [5.74, 6) is 0. The molecule has 0 unspecified atom stereocenters. The molecule has 0 aliphatic heterocycles. The Labute approximate surface area is 138 Å². The molecule has 112 valence electrons. The Balaban J connectivity index is 1.89. The molecule has 4 aromatic rings. The van der Waals surface area contributed by atoms with E-state index < -0.39 is 0 Å². The minimum atomic E-state index is 0.0322. The normalized spacial score (nSPS) is 11.0. The van der Waals surface area contributed by atoms with Crippen LogP contribution < -0.4 is 5.56 Å². The Bertz CT molecular complexity index is 1030. The molecule has 0 N–H and O–H groups in total. The van der Waals surface area contributed by atoms with Crippen LogP contribution in [0.25, 0.3) is 26.2 Å². The predicted molar refractivity (Wildman–Crippen MR) is 97.6 cm³/mol. The average molecular weight is 317 g/mol. The molecule has 0 saturated carbocycles. The first-order chi connectivity index (χ1) is 11.2. The second kappa shape index (κ2) is 5.52. The van der Waals surface area contributed by atoms with Gasteiger partial charge in [0.15, 0.2) is 0 Å². The van der Waals surface area contributed by atoms with Crippen LogP contribution in [-0.2, 0) is 0 Å². The SMILES string of the molecule is Cc1ccc(-n2ccc3sc(-c4ccccc4)cc3c2=O)cc1. The third-order valence-electron chi connectivity index (χ3n) is 3.96. The van der Waals surface area contributed by atoms with Crippen LogP contribution in [0, 0.1) is 6.92 Å². The van der Waals surface area contributed by atoms with E-state index >= 15 is 0 Å². The van der Waals surface area contributed by atoms with Crippen molar-refractivity contribution in [2.75, 3.05) is 0 Å². The fraction of sp³-hybridized carbons (Fsp3) is 0.0500. The lowest BCUT2D eigenvalue weighted by molar-refractivity contribution is 1.01. The van der Waals surface area contributed by atoms with Gasteiger partial charge in [0.05, 0.1) is 5.39 Å². The number of rotatable bonds is 2. The summed E-state index contributed by atoms with van der Waals surface area (Å²) >= 11 is 1.66. The number of aromatic nitrogens is 1. The maximum Gasteiger partial charge on any atom is 0.263 e. The second-order valence-corrected chi connectivity index (χ2v) is 6.66. The van der Waals surface area contributed by atoms with Gasteiger partial charge in [0.2, 0.25) is 0 Å². The number of thiophene rings is 1. The predicted octanol–water partition coefficient (Wildman–Crippen LogP) is 5.03. The molecule has 0 bridgehead atoms. The van der Waals surface area contributed by atoms with E-state index in [1.807, 2.05) is 67.7 Å². The lowest BCUT2D eigenvalue weighted by Gasteiger charge is -2.05. The van der Waals surface area contributed by atoms with Crippen molar-refractivity contribution in [1.29, 1.82) is 0 Å². The number of fused-ring (bicyclic) bond motifs is 1. The topological polar surface area (TPSA) is 22.0 Å². The van der Waals surface area contributed by atoms with E-state index in [0.717, 1.165) is 26.2 Å². The summed E-state index contributed by atoms with van der Waals surface area (Å²) < 4.78 is 2.74. The van der Waals surface area contributed by atoms with E-state index in [1.54, 1.807) is 15.9 Å². The molecule has 0 fully saturated rings. The van der Waals surface area contributed by atoms with Gasteiger partial charge in [-0.05, 0) is 36.8 Å². The molecular weight excluding hydrogens is 302 g/mol. The molecule has 0 atom stereocenters. The van der Waals surface area contributed by atoms with E-state index in [2.05, 4.69) is 12.1 Å². The van der Waals surface area contributed by atoms with Crippen molar-refractivity contribution in [1.82, 2.24) is 4.57 Å². The zero-order chi connectivity index (χ0) is 15.8. The van der Waals surface area contributed by atoms with Crippen molar-refractivity contribution in [2.24, 2.45) is 0 Å². The Morgan fingerprint density at radius 3 is 2.39 bits per heavy atom. The molecule has 23 heavy (non-hydrogen) atoms. The van der Waals surface area contributed by atoms with Crippen LogP contribution in [0.1, 0.15) is 5.56 Å². The summed E-state index contributed by atoms with van der Waals surface area (Å²) in [5, 5.41) is 0.775. The first-order valence-corrected chi connectivity index (χ1v) is 8.32. The highest BCUT2D eigenvalue weighted by Crippen LogP contribution is 2.31. The first kappa shape index (κ1) is 14.0. The highest BCUT2D eigenvalue weighted by Gasteiger charge is 2.09. The van der Waals surface area contributed by atoms with Crippen molar-refractivity contribution < 1.29 is 0 Å². The van der Waals surface area contributed by atoms with E-state index in [9.17, 15) is 4.79 Å². The fourth-order valence-electron chi connectivity index (χ4n) is 2.69. The third kappa shape index (κ3) is 2.49. The van der Waals surface area contributed by atoms with Gasteiger partial charge in [0.25, 0.3) is 5.56 Å². The molecule has 2 nitrogen and oxygen atoms in total. The summed E-state index contributed by atoms with van der Waals surface area (Å²) in [6.45, 7) is 2.04. The van der Waals surface area contributed by atoms with Crippen LogP contribution in [0.4, 0.5) is 0 Å². The number of hydrogen-bond donors (Lipinski definition) is 0. The van der Waals surface area contributed by atoms with Gasteiger partial charge in [-0.25, -0.2) is 0 Å². The molecule has 4 rings (SSSR count). The van der Waals surface area contributed by atoms with Crippen LogP contribution in [0.2, 0.25) is 0 Å². The Morgan fingerprint density at radius 1 is 0.913 bits per heavy atom. The van der Waals surface area contributed by atoms with Gasteiger partial charge >= 0.3 is 0 Å². The molecule has 3 heteroatoms. The molecule has 0 aliphatic rings. The van der Waals surface area contributed by atoms with Crippen molar-refractivity contribution in [3.05, 3.63) is 88.8 Å². The Kier molecular flexibility index (Phi) is 3.36. The lowest BCUT2D eigenvalue weighted by Crippen LogP contribution is -2.16. The molecular formula is C20H15NOS. The molecule has 2 heterocycles. The summed E-state index contributed by atoms with van der Waals surface area (Å²) in [4.78, 5) is 14.0. The number of benzene rings is 2. The molecule has 0 saturated heterocycles. The molecule has 0 radical (unpaired) electrons. The monoisotopic (exact) mass is 317 g/mol. The summed E-state index contributed by atoms with van der Waals surface area (Å²) in [7, 11) is 0. The number of aryl methyl sites for hydroxylation is 1. The zero-order valence-corrected chi connectivity index (χ0v) is 13.5. The molecule has 2 aromatic heterocycles. The van der Waals surface area contributed by atoms with E-state index in [0.29, 0.717) is 0 Å². The van der Waals surface area contributed by atoms with Gasteiger partial charge in [-0.3, -0.25) is 9.36 Å². The number of hydrogen-bond acceptors (Lipinski definition) is 2. The quantitative estimate of drug-likeness (QED) is 0.508. The minimum absolute atomic E-state index is 0.0322. The number of nitrogens with zero attached hydrogens (tertiary/aromatic N) is 1. The summed E-state index contributed by atoms with van der Waals surface area (Å²) in [6, 6.07) is 22.2. The van der Waals surface area contributed by atoms with Crippen LogP contribution in [-0.4, -0.2) is 4.57 Å². The fourth-order valence-corrected chi connectivity index (χ4v) is 3.74. The Morgan fingerprint density at radius 2 is 1.65 bits per heavy atom. The van der Waals surface area contributed by atoms with Crippen LogP contribution in [0.5, 0.6) is 0 Å². The van der Waals surface area contributed by atoms with E-state index in [-0.39, 0.29) is 5.56 Å². The third-order valence-corrected chi connectivity index (χ3v) is 5.10. The van der Waals surface area contributed by atoms with Crippen molar-refractivity contribution >= 4 is 21.4 Å². The average Bonchev–Trinajstić information content (AvgIpc) is 3.02. The van der Waals surface area contributed by atoms with Crippen molar-refractivity contribution in [3.63, 3.8) is 0 Å². The highest BCUT2D eigenvalue weighted by molar-refractivity contribution is 7.22. The van der Waals surface area contributed by atoms with E-state index in [4.69, 9.17) is 0 Å². The van der Waals surface area contributed by atoms with Crippen LogP contribution in [0.15, 0.2) is 77.7 Å². The molecule has 0 amide bonds. The molecule has 0 spiro atoms. The van der Waals surface area contributed by atoms with E-state index in [1.165, 1.54) is 5.56 Å². The van der Waals surface area contributed by atoms with Crippen LogP contribution >= 0.6 is 11.3 Å². The first-order valence-electron chi connectivity index (χ1n) is 7.50. The van der Waals surface area contributed by atoms with Gasteiger partial charge in [0.1, 0.15) is 0 Å². The van der Waals surface area contributed by atoms with Crippen LogP contribution in [0.3, 0.4) is 0 Å². The van der Waals surface area contributed by atoms with Crippen molar-refractivity contribution in [3.8, 4) is 16.1 Å². The van der Waals surface area contributed by atoms with Gasteiger partial charge < -0.3 is 0 Å². The number of pyridine rings is 1. The minimum Gasteiger partial charge on any atom is -0.284 e.